The molecule has 4 nitrogen and oxygen atoms in total. The number of carbonyl (C=O) groups is 1. The van der Waals surface area contributed by atoms with Crippen LogP contribution in [0, 0.1) is 0 Å². The lowest BCUT2D eigenvalue weighted by atomic mass is 9.79. The lowest BCUT2D eigenvalue weighted by Gasteiger charge is -2.27. The second kappa shape index (κ2) is 4.24. The molecule has 0 radical (unpaired) electrons. The van der Waals surface area contributed by atoms with E-state index >= 15 is 0 Å². The van der Waals surface area contributed by atoms with Gasteiger partial charge in [0, 0.05) is 18.8 Å². The molecule has 0 bridgehead atoms. The standard InChI is InChI=1S/C13H11F3N2O2/c14-13(15,16)20-8-2-3-10-9(6-8)12(11(19)18-10)4-1-5-17-7-12/h1-4,6,17H,5,7H2,(H,18,19). The topological polar surface area (TPSA) is 50.4 Å². The Morgan fingerprint density at radius 2 is 2.10 bits per heavy atom. The summed E-state index contributed by atoms with van der Waals surface area (Å²) in [6.45, 7) is 0.973. The smallest absolute Gasteiger partial charge is 0.406 e. The molecule has 20 heavy (non-hydrogen) atoms. The summed E-state index contributed by atoms with van der Waals surface area (Å²) in [4.78, 5) is 12.1. The monoisotopic (exact) mass is 284 g/mol. The molecule has 1 aromatic carbocycles. The third-order valence-electron chi connectivity index (χ3n) is 3.43. The van der Waals surface area contributed by atoms with E-state index in [0.29, 0.717) is 24.3 Å². The lowest BCUT2D eigenvalue weighted by molar-refractivity contribution is -0.274. The molecule has 106 valence electrons. The maximum atomic E-state index is 12.3. The highest BCUT2D eigenvalue weighted by atomic mass is 19.4. The van der Waals surface area contributed by atoms with Crippen LogP contribution in [-0.2, 0) is 10.2 Å². The van der Waals surface area contributed by atoms with Crippen molar-refractivity contribution >= 4 is 11.6 Å². The Bertz CT molecular complexity index is 598. The largest absolute Gasteiger partial charge is 0.573 e. The Hall–Kier alpha value is -2.02. The number of rotatable bonds is 1. The summed E-state index contributed by atoms with van der Waals surface area (Å²) in [6, 6.07) is 3.87. The zero-order chi connectivity index (χ0) is 14.4. The molecule has 2 aliphatic rings. The molecule has 0 saturated heterocycles. The number of halogens is 3. The van der Waals surface area contributed by atoms with Crippen molar-refractivity contribution < 1.29 is 22.7 Å². The highest BCUT2D eigenvalue weighted by Crippen LogP contribution is 2.42. The van der Waals surface area contributed by atoms with Crippen molar-refractivity contribution in [1.29, 1.82) is 0 Å². The van der Waals surface area contributed by atoms with E-state index in [1.54, 1.807) is 12.2 Å². The summed E-state index contributed by atoms with van der Waals surface area (Å²) in [5.74, 6) is -0.578. The van der Waals surface area contributed by atoms with E-state index in [4.69, 9.17) is 0 Å². The zero-order valence-corrected chi connectivity index (χ0v) is 10.3. The summed E-state index contributed by atoms with van der Waals surface area (Å²) < 4.78 is 40.7. The average molecular weight is 284 g/mol. The molecule has 0 saturated carbocycles. The summed E-state index contributed by atoms with van der Waals surface area (Å²) in [5.41, 5.74) is 0.0454. The van der Waals surface area contributed by atoms with Crippen molar-refractivity contribution in [1.82, 2.24) is 5.32 Å². The number of anilines is 1. The number of fused-ring (bicyclic) bond motifs is 2. The third-order valence-corrected chi connectivity index (χ3v) is 3.43. The van der Waals surface area contributed by atoms with Gasteiger partial charge in [-0.2, -0.15) is 0 Å². The van der Waals surface area contributed by atoms with Gasteiger partial charge in [0.05, 0.1) is 0 Å². The van der Waals surface area contributed by atoms with Crippen LogP contribution in [0.1, 0.15) is 5.56 Å². The predicted octanol–water partition coefficient (Wildman–Crippen LogP) is 1.93. The number of carbonyl (C=O) groups excluding carboxylic acids is 1. The van der Waals surface area contributed by atoms with Crippen LogP contribution in [0.25, 0.3) is 0 Å². The molecule has 0 aromatic heterocycles. The first kappa shape index (κ1) is 13.0. The molecule has 2 aliphatic heterocycles. The third kappa shape index (κ3) is 2.03. The fraction of sp³-hybridized carbons (Fsp3) is 0.308. The van der Waals surface area contributed by atoms with Crippen molar-refractivity contribution in [3.05, 3.63) is 35.9 Å². The average Bonchev–Trinajstić information content (AvgIpc) is 2.63. The van der Waals surface area contributed by atoms with Crippen LogP contribution in [-0.4, -0.2) is 25.4 Å². The highest BCUT2D eigenvalue weighted by Gasteiger charge is 2.46. The van der Waals surface area contributed by atoms with Gasteiger partial charge in [0.15, 0.2) is 0 Å². The van der Waals surface area contributed by atoms with E-state index in [0.717, 1.165) is 0 Å². The predicted molar refractivity (Wildman–Crippen MR) is 65.4 cm³/mol. The fourth-order valence-corrected chi connectivity index (χ4v) is 2.57. The summed E-state index contributed by atoms with van der Waals surface area (Å²) >= 11 is 0. The van der Waals surface area contributed by atoms with E-state index in [9.17, 15) is 18.0 Å². The summed E-state index contributed by atoms with van der Waals surface area (Å²) in [6.07, 6.45) is -1.24. The van der Waals surface area contributed by atoms with Gasteiger partial charge in [-0.15, -0.1) is 13.2 Å². The molecule has 0 fully saturated rings. The SMILES string of the molecule is O=C1Nc2ccc(OC(F)(F)F)cc2C12C=CCNC2. The molecule has 1 unspecified atom stereocenters. The normalized spacial score (nSPS) is 24.6. The van der Waals surface area contributed by atoms with Crippen molar-refractivity contribution in [2.24, 2.45) is 0 Å². The quantitative estimate of drug-likeness (QED) is 0.775. The van der Waals surface area contributed by atoms with Crippen LogP contribution in [0.2, 0.25) is 0 Å². The lowest BCUT2D eigenvalue weighted by Crippen LogP contribution is -2.45. The van der Waals surface area contributed by atoms with Gasteiger partial charge in [-0.3, -0.25) is 4.79 Å². The maximum Gasteiger partial charge on any atom is 0.573 e. The van der Waals surface area contributed by atoms with Gasteiger partial charge in [-0.1, -0.05) is 12.2 Å². The molecule has 3 rings (SSSR count). The van der Waals surface area contributed by atoms with Gasteiger partial charge in [-0.05, 0) is 23.8 Å². The molecular weight excluding hydrogens is 273 g/mol. The number of amides is 1. The van der Waals surface area contributed by atoms with Gasteiger partial charge >= 0.3 is 6.36 Å². The summed E-state index contributed by atoms with van der Waals surface area (Å²) in [5, 5.41) is 5.73. The maximum absolute atomic E-state index is 12.3. The van der Waals surface area contributed by atoms with Crippen molar-refractivity contribution in [3.8, 4) is 5.75 Å². The Morgan fingerprint density at radius 1 is 1.30 bits per heavy atom. The number of hydrogen-bond donors (Lipinski definition) is 2. The minimum absolute atomic E-state index is 0.250. The second-order valence-corrected chi connectivity index (χ2v) is 4.71. The molecule has 1 amide bonds. The molecular formula is C13H11F3N2O2. The number of hydrogen-bond acceptors (Lipinski definition) is 3. The van der Waals surface area contributed by atoms with E-state index in [2.05, 4.69) is 15.4 Å². The van der Waals surface area contributed by atoms with Gasteiger partial charge < -0.3 is 15.4 Å². The van der Waals surface area contributed by atoms with Gasteiger partial charge in [0.2, 0.25) is 5.91 Å². The second-order valence-electron chi connectivity index (χ2n) is 4.71. The first-order valence-electron chi connectivity index (χ1n) is 6.01. The fourth-order valence-electron chi connectivity index (χ4n) is 2.57. The van der Waals surface area contributed by atoms with Crippen LogP contribution < -0.4 is 15.4 Å². The van der Waals surface area contributed by atoms with Crippen molar-refractivity contribution in [3.63, 3.8) is 0 Å². The number of ether oxygens (including phenoxy) is 1. The first-order chi connectivity index (χ1) is 9.41. The highest BCUT2D eigenvalue weighted by molar-refractivity contribution is 6.08. The number of nitrogens with one attached hydrogen (secondary N) is 2. The number of benzene rings is 1. The Labute approximate surface area is 112 Å². The molecule has 7 heteroatoms. The molecule has 2 heterocycles. The van der Waals surface area contributed by atoms with Crippen LogP contribution in [0.5, 0.6) is 5.75 Å². The van der Waals surface area contributed by atoms with E-state index < -0.39 is 11.8 Å². The number of alkyl halides is 3. The van der Waals surface area contributed by atoms with Gasteiger partial charge in [-0.25, -0.2) is 0 Å². The molecule has 1 aromatic rings. The Kier molecular flexibility index (Phi) is 2.75. The molecule has 1 spiro atoms. The zero-order valence-electron chi connectivity index (χ0n) is 10.3. The minimum Gasteiger partial charge on any atom is -0.406 e. The van der Waals surface area contributed by atoms with Crippen LogP contribution in [0.15, 0.2) is 30.4 Å². The summed E-state index contributed by atoms with van der Waals surface area (Å²) in [7, 11) is 0. The van der Waals surface area contributed by atoms with Crippen LogP contribution in [0.3, 0.4) is 0 Å². The van der Waals surface area contributed by atoms with Crippen LogP contribution >= 0.6 is 0 Å². The van der Waals surface area contributed by atoms with Crippen LogP contribution in [0.4, 0.5) is 18.9 Å². The molecule has 1 atom stereocenters. The minimum atomic E-state index is -4.75. The van der Waals surface area contributed by atoms with Gasteiger partial charge in [0.25, 0.3) is 0 Å². The van der Waals surface area contributed by atoms with Gasteiger partial charge in [0.1, 0.15) is 11.2 Å². The van der Waals surface area contributed by atoms with E-state index in [1.165, 1.54) is 18.2 Å². The Morgan fingerprint density at radius 3 is 2.75 bits per heavy atom. The molecule has 0 aliphatic carbocycles. The van der Waals surface area contributed by atoms with Crippen molar-refractivity contribution in [2.45, 2.75) is 11.8 Å². The Balaban J connectivity index is 2.04. The van der Waals surface area contributed by atoms with Crippen molar-refractivity contribution in [2.75, 3.05) is 18.4 Å². The van der Waals surface area contributed by atoms with E-state index in [1.807, 2.05) is 0 Å². The van der Waals surface area contributed by atoms with E-state index in [-0.39, 0.29) is 11.7 Å². The molecule has 2 N–H and O–H groups in total. The first-order valence-corrected chi connectivity index (χ1v) is 6.01.